The van der Waals surface area contributed by atoms with Gasteiger partial charge in [-0.15, -0.1) is 0 Å². The quantitative estimate of drug-likeness (QED) is 0.857. The lowest BCUT2D eigenvalue weighted by atomic mass is 10.1. The van der Waals surface area contributed by atoms with Gasteiger partial charge in [0, 0.05) is 37.4 Å². The zero-order chi connectivity index (χ0) is 18.5. The molecule has 0 radical (unpaired) electrons. The number of benzene rings is 2. The van der Waals surface area contributed by atoms with Crippen molar-refractivity contribution in [3.8, 4) is 5.75 Å². The normalized spacial score (nSPS) is 14.1. The van der Waals surface area contributed by atoms with Gasteiger partial charge < -0.3 is 19.9 Å². The number of Topliss-reactive ketones (excluding diaryl/α,β-unsaturated/α-hetero) is 1. The third kappa shape index (κ3) is 3.96. The molecule has 0 unspecified atom stereocenters. The van der Waals surface area contributed by atoms with Gasteiger partial charge in [0.1, 0.15) is 5.75 Å². The highest BCUT2D eigenvalue weighted by atomic mass is 16.5. The molecule has 0 atom stereocenters. The van der Waals surface area contributed by atoms with Crippen LogP contribution in [0.15, 0.2) is 48.5 Å². The van der Waals surface area contributed by atoms with Crippen LogP contribution in [0.3, 0.4) is 0 Å². The number of carbonyl (C=O) groups excluding carboxylic acids is 2. The maximum Gasteiger partial charge on any atom is 0.322 e. The molecule has 1 fully saturated rings. The first-order valence-electron chi connectivity index (χ1n) is 8.63. The first-order valence-corrected chi connectivity index (χ1v) is 8.63. The van der Waals surface area contributed by atoms with Crippen LogP contribution in [0.1, 0.15) is 17.3 Å². The van der Waals surface area contributed by atoms with E-state index < -0.39 is 0 Å². The minimum absolute atomic E-state index is 0.0642. The minimum atomic E-state index is -0.124. The lowest BCUT2D eigenvalue weighted by Crippen LogP contribution is -2.50. The molecule has 0 saturated carbocycles. The molecule has 0 aliphatic carbocycles. The third-order valence-corrected chi connectivity index (χ3v) is 4.55. The van der Waals surface area contributed by atoms with Gasteiger partial charge in [0.2, 0.25) is 0 Å². The molecular formula is C20H23N3O3. The van der Waals surface area contributed by atoms with Gasteiger partial charge in [0.25, 0.3) is 0 Å². The highest BCUT2D eigenvalue weighted by molar-refractivity contribution is 5.94. The van der Waals surface area contributed by atoms with Crippen LogP contribution in [0.25, 0.3) is 0 Å². The second-order valence-corrected chi connectivity index (χ2v) is 6.21. The van der Waals surface area contributed by atoms with Crippen molar-refractivity contribution in [3.05, 3.63) is 54.1 Å². The van der Waals surface area contributed by atoms with E-state index in [1.54, 1.807) is 18.9 Å². The van der Waals surface area contributed by atoms with Gasteiger partial charge in [-0.3, -0.25) is 4.79 Å². The Morgan fingerprint density at radius 3 is 2.23 bits per heavy atom. The predicted molar refractivity (Wildman–Crippen MR) is 102 cm³/mol. The molecule has 1 heterocycles. The molecule has 0 aromatic heterocycles. The van der Waals surface area contributed by atoms with Crippen molar-refractivity contribution in [2.45, 2.75) is 6.92 Å². The summed E-state index contributed by atoms with van der Waals surface area (Å²) in [7, 11) is 1.58. The molecule has 2 aromatic rings. The summed E-state index contributed by atoms with van der Waals surface area (Å²) in [4.78, 5) is 27.9. The standard InChI is InChI=1S/C20H23N3O3/c1-15(24)16-7-9-17(10-8-16)22-11-13-23(14-12-22)20(25)21-18-5-3-4-6-19(18)26-2/h3-10H,11-14H2,1-2H3,(H,21,25). The van der Waals surface area contributed by atoms with E-state index in [0.29, 0.717) is 30.1 Å². The Morgan fingerprint density at radius 1 is 0.962 bits per heavy atom. The van der Waals surface area contributed by atoms with Gasteiger partial charge in [0.15, 0.2) is 5.78 Å². The van der Waals surface area contributed by atoms with Gasteiger partial charge in [-0.05, 0) is 43.3 Å². The topological polar surface area (TPSA) is 61.9 Å². The number of methoxy groups -OCH3 is 1. The molecule has 3 rings (SSSR count). The van der Waals surface area contributed by atoms with E-state index >= 15 is 0 Å². The van der Waals surface area contributed by atoms with E-state index in [1.807, 2.05) is 48.5 Å². The van der Waals surface area contributed by atoms with E-state index in [1.165, 1.54) is 0 Å². The average Bonchev–Trinajstić information content (AvgIpc) is 2.68. The summed E-state index contributed by atoms with van der Waals surface area (Å²) in [6, 6.07) is 14.9. The Labute approximate surface area is 153 Å². The smallest absolute Gasteiger partial charge is 0.322 e. The van der Waals surface area contributed by atoms with Gasteiger partial charge >= 0.3 is 6.03 Å². The summed E-state index contributed by atoms with van der Waals surface area (Å²) in [6.45, 7) is 4.33. The average molecular weight is 353 g/mol. The van der Waals surface area contributed by atoms with E-state index in [0.717, 1.165) is 18.8 Å². The van der Waals surface area contributed by atoms with Crippen LogP contribution in [0.2, 0.25) is 0 Å². The molecule has 1 N–H and O–H groups in total. The number of anilines is 2. The molecule has 1 saturated heterocycles. The van der Waals surface area contributed by atoms with Crippen molar-refractivity contribution in [1.29, 1.82) is 0 Å². The number of nitrogens with one attached hydrogen (secondary N) is 1. The Bertz CT molecular complexity index is 781. The van der Waals surface area contributed by atoms with E-state index in [4.69, 9.17) is 4.74 Å². The number of piperazine rings is 1. The summed E-state index contributed by atoms with van der Waals surface area (Å²) < 4.78 is 5.27. The molecule has 0 bridgehead atoms. The van der Waals surface area contributed by atoms with E-state index in [-0.39, 0.29) is 11.8 Å². The number of hydrogen-bond donors (Lipinski definition) is 1. The molecule has 136 valence electrons. The van der Waals surface area contributed by atoms with Crippen molar-refractivity contribution in [3.63, 3.8) is 0 Å². The van der Waals surface area contributed by atoms with Gasteiger partial charge in [-0.1, -0.05) is 12.1 Å². The number of ether oxygens (including phenoxy) is 1. The maximum absolute atomic E-state index is 12.5. The van der Waals surface area contributed by atoms with Crippen LogP contribution in [-0.4, -0.2) is 50.0 Å². The number of amides is 2. The highest BCUT2D eigenvalue weighted by Crippen LogP contribution is 2.24. The summed E-state index contributed by atoms with van der Waals surface area (Å²) >= 11 is 0. The maximum atomic E-state index is 12.5. The second kappa shape index (κ2) is 7.91. The SMILES string of the molecule is COc1ccccc1NC(=O)N1CCN(c2ccc(C(C)=O)cc2)CC1. The summed E-state index contributed by atoms with van der Waals surface area (Å²) in [6.07, 6.45) is 0. The van der Waals surface area contributed by atoms with Crippen LogP contribution in [0, 0.1) is 0 Å². The van der Waals surface area contributed by atoms with E-state index in [9.17, 15) is 9.59 Å². The van der Waals surface area contributed by atoms with Gasteiger partial charge in [0.05, 0.1) is 12.8 Å². The monoisotopic (exact) mass is 353 g/mol. The van der Waals surface area contributed by atoms with Crippen LogP contribution < -0.4 is 15.0 Å². The number of hydrogen-bond acceptors (Lipinski definition) is 4. The number of ketones is 1. The van der Waals surface area contributed by atoms with Gasteiger partial charge in [-0.2, -0.15) is 0 Å². The van der Waals surface area contributed by atoms with Crippen LogP contribution in [0.5, 0.6) is 5.75 Å². The number of para-hydroxylation sites is 2. The molecular weight excluding hydrogens is 330 g/mol. The van der Waals surface area contributed by atoms with Crippen molar-refractivity contribution >= 4 is 23.2 Å². The van der Waals surface area contributed by atoms with Crippen LogP contribution >= 0.6 is 0 Å². The largest absolute Gasteiger partial charge is 0.495 e. The number of urea groups is 1. The number of carbonyl (C=O) groups is 2. The molecule has 0 spiro atoms. The lowest BCUT2D eigenvalue weighted by Gasteiger charge is -2.36. The van der Waals surface area contributed by atoms with E-state index in [2.05, 4.69) is 10.2 Å². The van der Waals surface area contributed by atoms with Crippen molar-refractivity contribution in [2.24, 2.45) is 0 Å². The summed E-state index contributed by atoms with van der Waals surface area (Å²) in [5, 5.41) is 2.91. The third-order valence-electron chi connectivity index (χ3n) is 4.55. The first kappa shape index (κ1) is 17.8. The second-order valence-electron chi connectivity index (χ2n) is 6.21. The fourth-order valence-corrected chi connectivity index (χ4v) is 3.02. The molecule has 1 aliphatic heterocycles. The molecule has 1 aliphatic rings. The highest BCUT2D eigenvalue weighted by Gasteiger charge is 2.22. The minimum Gasteiger partial charge on any atom is -0.495 e. The summed E-state index contributed by atoms with van der Waals surface area (Å²) in [5.41, 5.74) is 2.45. The summed E-state index contributed by atoms with van der Waals surface area (Å²) in [5.74, 6) is 0.708. The van der Waals surface area contributed by atoms with Crippen molar-refractivity contribution in [1.82, 2.24) is 4.90 Å². The molecule has 6 nitrogen and oxygen atoms in total. The Balaban J connectivity index is 1.57. The fraction of sp³-hybridized carbons (Fsp3) is 0.300. The van der Waals surface area contributed by atoms with Crippen LogP contribution in [0.4, 0.5) is 16.2 Å². The zero-order valence-corrected chi connectivity index (χ0v) is 15.1. The Morgan fingerprint density at radius 2 is 1.62 bits per heavy atom. The molecule has 2 aromatic carbocycles. The molecule has 26 heavy (non-hydrogen) atoms. The number of nitrogens with zero attached hydrogens (tertiary/aromatic N) is 2. The van der Waals surface area contributed by atoms with Crippen molar-refractivity contribution < 1.29 is 14.3 Å². The van der Waals surface area contributed by atoms with Gasteiger partial charge in [-0.25, -0.2) is 4.79 Å². The zero-order valence-electron chi connectivity index (χ0n) is 15.1. The Kier molecular flexibility index (Phi) is 5.41. The molecule has 2 amide bonds. The fourth-order valence-electron chi connectivity index (χ4n) is 3.02. The van der Waals surface area contributed by atoms with Crippen molar-refractivity contribution in [2.75, 3.05) is 43.5 Å². The number of rotatable bonds is 4. The first-order chi connectivity index (χ1) is 12.6. The predicted octanol–water partition coefficient (Wildman–Crippen LogP) is 3.25. The Hall–Kier alpha value is -3.02. The molecule has 6 heteroatoms. The van der Waals surface area contributed by atoms with Crippen LogP contribution in [-0.2, 0) is 0 Å². The lowest BCUT2D eigenvalue weighted by molar-refractivity contribution is 0.101.